The lowest BCUT2D eigenvalue weighted by Crippen LogP contribution is -2.34. The van der Waals surface area contributed by atoms with Crippen molar-refractivity contribution in [2.45, 2.75) is 0 Å². The number of carbonyl (C=O) groups excluding carboxylic acids is 2. The molecule has 0 bridgehead atoms. The van der Waals surface area contributed by atoms with Gasteiger partial charge in [0.15, 0.2) is 11.5 Å². The van der Waals surface area contributed by atoms with Gasteiger partial charge in [0.05, 0.1) is 27.0 Å². The maximum Gasteiger partial charge on any atom is 0.259 e. The molecule has 0 aliphatic heterocycles. The number of hydrogen-bond donors (Lipinski definition) is 3. The standard InChI is InChI=1S/C20H19N3O4S.CH4O/c1-26-16-8-7-13(9-17(16)27-2)20(25)21-11-19(24)23-22-10-14-12-28-18-6-4-3-5-15(14)18;1-2/h3-10,12H,11H2,1-2H3,(H,21,25)(H,23,24);2H,1H3/b22-10+;. The Kier molecular flexibility index (Phi) is 8.79. The molecule has 0 radical (unpaired) electrons. The monoisotopic (exact) mass is 429 g/mol. The number of benzene rings is 2. The third-order valence-corrected chi connectivity index (χ3v) is 4.94. The van der Waals surface area contributed by atoms with E-state index in [0.717, 1.165) is 22.8 Å². The molecule has 0 spiro atoms. The molecular weight excluding hydrogens is 406 g/mol. The van der Waals surface area contributed by atoms with Gasteiger partial charge in [0.1, 0.15) is 0 Å². The van der Waals surface area contributed by atoms with Gasteiger partial charge in [-0.1, -0.05) is 18.2 Å². The van der Waals surface area contributed by atoms with E-state index in [9.17, 15) is 9.59 Å². The molecule has 30 heavy (non-hydrogen) atoms. The van der Waals surface area contributed by atoms with Gasteiger partial charge in [-0.05, 0) is 24.3 Å². The van der Waals surface area contributed by atoms with Crippen LogP contribution in [0.2, 0.25) is 0 Å². The molecule has 8 nitrogen and oxygen atoms in total. The summed E-state index contributed by atoms with van der Waals surface area (Å²) in [5.41, 5.74) is 3.70. The molecule has 158 valence electrons. The van der Waals surface area contributed by atoms with E-state index in [2.05, 4.69) is 15.8 Å². The molecule has 0 fully saturated rings. The molecule has 0 aliphatic rings. The third kappa shape index (κ3) is 5.79. The zero-order valence-electron chi connectivity index (χ0n) is 16.8. The van der Waals surface area contributed by atoms with Crippen LogP contribution in [0.15, 0.2) is 52.9 Å². The summed E-state index contributed by atoms with van der Waals surface area (Å²) >= 11 is 1.61. The Labute approximate surface area is 178 Å². The van der Waals surface area contributed by atoms with Gasteiger partial charge >= 0.3 is 0 Å². The summed E-state index contributed by atoms with van der Waals surface area (Å²) in [5, 5.41) is 16.5. The second-order valence-electron chi connectivity index (χ2n) is 5.73. The van der Waals surface area contributed by atoms with Gasteiger partial charge in [0, 0.05) is 33.7 Å². The largest absolute Gasteiger partial charge is 0.493 e. The van der Waals surface area contributed by atoms with Crippen LogP contribution in [0, 0.1) is 0 Å². The van der Waals surface area contributed by atoms with Crippen LogP contribution in [0.3, 0.4) is 0 Å². The first-order chi connectivity index (χ1) is 14.6. The number of rotatable bonds is 7. The number of methoxy groups -OCH3 is 2. The average molecular weight is 429 g/mol. The minimum absolute atomic E-state index is 0.200. The Morgan fingerprint density at radius 2 is 1.83 bits per heavy atom. The number of hydrazone groups is 1. The van der Waals surface area contributed by atoms with Crippen molar-refractivity contribution >= 4 is 39.5 Å². The third-order valence-electron chi connectivity index (χ3n) is 3.96. The van der Waals surface area contributed by atoms with Gasteiger partial charge < -0.3 is 19.9 Å². The number of fused-ring (bicyclic) bond motifs is 1. The number of aliphatic hydroxyl groups is 1. The first kappa shape index (κ1) is 22.9. The Bertz CT molecular complexity index is 1030. The number of thiophene rings is 1. The van der Waals surface area contributed by atoms with Crippen molar-refractivity contribution in [3.05, 3.63) is 59.0 Å². The summed E-state index contributed by atoms with van der Waals surface area (Å²) in [7, 11) is 4.00. The van der Waals surface area contributed by atoms with Crippen molar-refractivity contribution in [1.29, 1.82) is 0 Å². The van der Waals surface area contributed by atoms with Crippen LogP contribution in [-0.2, 0) is 4.79 Å². The number of aliphatic hydroxyl groups excluding tert-OH is 1. The van der Waals surface area contributed by atoms with Crippen molar-refractivity contribution in [1.82, 2.24) is 10.7 Å². The van der Waals surface area contributed by atoms with Gasteiger partial charge in [-0.3, -0.25) is 9.59 Å². The fourth-order valence-corrected chi connectivity index (χ4v) is 3.46. The maximum absolute atomic E-state index is 12.2. The van der Waals surface area contributed by atoms with E-state index in [1.807, 2.05) is 29.6 Å². The molecule has 0 saturated heterocycles. The van der Waals surface area contributed by atoms with E-state index in [1.165, 1.54) is 14.2 Å². The first-order valence-corrected chi connectivity index (χ1v) is 9.73. The van der Waals surface area contributed by atoms with E-state index < -0.39 is 11.8 Å². The molecule has 1 aromatic heterocycles. The lowest BCUT2D eigenvalue weighted by molar-refractivity contribution is -0.120. The molecule has 0 unspecified atom stereocenters. The molecular formula is C21H23N3O5S. The zero-order chi connectivity index (χ0) is 21.9. The second kappa shape index (κ2) is 11.5. The predicted molar refractivity (Wildman–Crippen MR) is 118 cm³/mol. The summed E-state index contributed by atoms with van der Waals surface area (Å²) in [6, 6.07) is 12.7. The predicted octanol–water partition coefficient (Wildman–Crippen LogP) is 2.41. The average Bonchev–Trinajstić information content (AvgIpc) is 3.21. The maximum atomic E-state index is 12.2. The van der Waals surface area contributed by atoms with Gasteiger partial charge in [-0.15, -0.1) is 11.3 Å². The second-order valence-corrected chi connectivity index (χ2v) is 6.64. The number of nitrogens with one attached hydrogen (secondary N) is 2. The number of amides is 2. The molecule has 0 aliphatic carbocycles. The van der Waals surface area contributed by atoms with E-state index in [-0.39, 0.29) is 6.54 Å². The molecule has 3 aromatic rings. The minimum atomic E-state index is -0.426. The molecule has 2 amide bonds. The summed E-state index contributed by atoms with van der Waals surface area (Å²) in [5.74, 6) is 0.132. The van der Waals surface area contributed by atoms with Gasteiger partial charge in [-0.2, -0.15) is 5.10 Å². The molecule has 9 heteroatoms. The van der Waals surface area contributed by atoms with Crippen molar-refractivity contribution in [3.63, 3.8) is 0 Å². The molecule has 3 N–H and O–H groups in total. The number of carbonyl (C=O) groups is 2. The highest BCUT2D eigenvalue weighted by Crippen LogP contribution is 2.27. The van der Waals surface area contributed by atoms with Crippen molar-refractivity contribution < 1.29 is 24.2 Å². The van der Waals surface area contributed by atoms with E-state index >= 15 is 0 Å². The minimum Gasteiger partial charge on any atom is -0.493 e. The van der Waals surface area contributed by atoms with Crippen LogP contribution in [0.25, 0.3) is 10.1 Å². The molecule has 2 aromatic carbocycles. The molecule has 0 atom stereocenters. The quantitative estimate of drug-likeness (QED) is 0.395. The van der Waals surface area contributed by atoms with Crippen LogP contribution >= 0.6 is 11.3 Å². The van der Waals surface area contributed by atoms with Crippen molar-refractivity contribution in [2.24, 2.45) is 5.10 Å². The lowest BCUT2D eigenvalue weighted by atomic mass is 10.2. The summed E-state index contributed by atoms with van der Waals surface area (Å²) in [6.07, 6.45) is 1.59. The lowest BCUT2D eigenvalue weighted by Gasteiger charge is -2.09. The summed E-state index contributed by atoms with van der Waals surface area (Å²) < 4.78 is 11.5. The van der Waals surface area contributed by atoms with Crippen LogP contribution < -0.4 is 20.2 Å². The molecule has 3 rings (SSSR count). The normalized spacial score (nSPS) is 10.3. The van der Waals surface area contributed by atoms with Gasteiger partial charge in [0.2, 0.25) is 0 Å². The van der Waals surface area contributed by atoms with Gasteiger partial charge in [-0.25, -0.2) is 5.43 Å². The highest BCUT2D eigenvalue weighted by Gasteiger charge is 2.11. The first-order valence-electron chi connectivity index (χ1n) is 8.85. The zero-order valence-corrected chi connectivity index (χ0v) is 17.7. The topological polar surface area (TPSA) is 109 Å². The smallest absolute Gasteiger partial charge is 0.259 e. The molecule has 0 saturated carbocycles. The molecule has 1 heterocycles. The van der Waals surface area contributed by atoms with Crippen LogP contribution in [0.4, 0.5) is 0 Å². The van der Waals surface area contributed by atoms with E-state index in [1.54, 1.807) is 35.8 Å². The van der Waals surface area contributed by atoms with Crippen LogP contribution in [0.1, 0.15) is 15.9 Å². The van der Waals surface area contributed by atoms with Crippen molar-refractivity contribution in [2.75, 3.05) is 27.9 Å². The fraction of sp³-hybridized carbons (Fsp3) is 0.190. The highest BCUT2D eigenvalue weighted by molar-refractivity contribution is 7.17. The number of nitrogens with zero attached hydrogens (tertiary/aromatic N) is 1. The highest BCUT2D eigenvalue weighted by atomic mass is 32.1. The SMILES string of the molecule is CO.COc1ccc(C(=O)NCC(=O)N/N=C/c2csc3ccccc23)cc1OC. The van der Waals surface area contributed by atoms with Crippen LogP contribution in [-0.4, -0.2) is 51.0 Å². The Balaban J connectivity index is 0.00000155. The van der Waals surface area contributed by atoms with E-state index in [4.69, 9.17) is 14.6 Å². The number of hydrogen-bond acceptors (Lipinski definition) is 7. The Morgan fingerprint density at radius 1 is 1.10 bits per heavy atom. The number of ether oxygens (including phenoxy) is 2. The summed E-state index contributed by atoms with van der Waals surface area (Å²) in [6.45, 7) is -0.200. The Morgan fingerprint density at radius 3 is 2.57 bits per heavy atom. The fourth-order valence-electron chi connectivity index (χ4n) is 2.55. The van der Waals surface area contributed by atoms with Gasteiger partial charge in [0.25, 0.3) is 11.8 Å². The van der Waals surface area contributed by atoms with E-state index in [0.29, 0.717) is 17.1 Å². The Hall–Kier alpha value is -3.43. The van der Waals surface area contributed by atoms with Crippen molar-refractivity contribution in [3.8, 4) is 11.5 Å². The van der Waals surface area contributed by atoms with Crippen LogP contribution in [0.5, 0.6) is 11.5 Å². The summed E-state index contributed by atoms with van der Waals surface area (Å²) in [4.78, 5) is 24.1.